The van der Waals surface area contributed by atoms with Gasteiger partial charge in [-0.25, -0.2) is 4.79 Å². The van der Waals surface area contributed by atoms with Gasteiger partial charge in [-0.2, -0.15) is 0 Å². The number of rotatable bonds is 6. The van der Waals surface area contributed by atoms with Crippen molar-refractivity contribution in [3.05, 3.63) is 44.7 Å². The van der Waals surface area contributed by atoms with Crippen LogP contribution in [0.4, 0.5) is 0 Å². The molecule has 1 aromatic heterocycles. The van der Waals surface area contributed by atoms with Crippen LogP contribution < -0.4 is 10.9 Å². The van der Waals surface area contributed by atoms with Gasteiger partial charge in [0.25, 0.3) is 0 Å². The number of fused-ring (bicyclic) bond motifs is 1. The zero-order valence-corrected chi connectivity index (χ0v) is 13.4. The molecule has 0 amide bonds. The second-order valence-corrected chi connectivity index (χ2v) is 5.84. The highest BCUT2D eigenvalue weighted by Crippen LogP contribution is 2.22. The normalized spacial score (nSPS) is 11.4. The van der Waals surface area contributed by atoms with Crippen LogP contribution in [0.25, 0.3) is 11.0 Å². The van der Waals surface area contributed by atoms with Gasteiger partial charge in [0.1, 0.15) is 5.58 Å². The van der Waals surface area contributed by atoms with Crippen molar-refractivity contribution >= 4 is 26.9 Å². The number of hydrogen-bond donors (Lipinski definition) is 1. The lowest BCUT2D eigenvalue weighted by Gasteiger charge is -2.17. The van der Waals surface area contributed by atoms with Crippen LogP contribution >= 0.6 is 15.9 Å². The first kappa shape index (κ1) is 15.2. The Hall–Kier alpha value is -1.17. The zero-order valence-electron chi connectivity index (χ0n) is 11.8. The average Bonchev–Trinajstić information content (AvgIpc) is 2.38. The Balaban J connectivity index is 2.23. The SMILES string of the molecule is CNCCCN(C)Cc1cc(=O)oc2cc(Br)ccc12. The van der Waals surface area contributed by atoms with Gasteiger partial charge >= 0.3 is 5.63 Å². The zero-order chi connectivity index (χ0) is 14.5. The molecule has 4 nitrogen and oxygen atoms in total. The third kappa shape index (κ3) is 3.91. The van der Waals surface area contributed by atoms with Crippen molar-refractivity contribution in [2.45, 2.75) is 13.0 Å². The number of hydrogen-bond acceptors (Lipinski definition) is 4. The van der Waals surface area contributed by atoms with Crippen molar-refractivity contribution in [2.24, 2.45) is 0 Å². The molecule has 0 bridgehead atoms. The topological polar surface area (TPSA) is 45.5 Å². The van der Waals surface area contributed by atoms with E-state index in [1.54, 1.807) is 6.07 Å². The lowest BCUT2D eigenvalue weighted by atomic mass is 10.1. The monoisotopic (exact) mass is 338 g/mol. The summed E-state index contributed by atoms with van der Waals surface area (Å²) in [6, 6.07) is 7.37. The molecule has 0 saturated carbocycles. The second kappa shape index (κ2) is 7.02. The summed E-state index contributed by atoms with van der Waals surface area (Å²) in [7, 11) is 4.02. The lowest BCUT2D eigenvalue weighted by molar-refractivity contribution is 0.321. The van der Waals surface area contributed by atoms with Gasteiger partial charge in [-0.05, 0) is 57.4 Å². The van der Waals surface area contributed by atoms with Gasteiger partial charge < -0.3 is 14.6 Å². The minimum absolute atomic E-state index is 0.297. The van der Waals surface area contributed by atoms with E-state index in [4.69, 9.17) is 4.42 Å². The molecule has 0 radical (unpaired) electrons. The highest BCUT2D eigenvalue weighted by molar-refractivity contribution is 9.10. The largest absolute Gasteiger partial charge is 0.423 e. The summed E-state index contributed by atoms with van der Waals surface area (Å²) in [5.74, 6) is 0. The summed E-state index contributed by atoms with van der Waals surface area (Å²) in [4.78, 5) is 13.9. The summed E-state index contributed by atoms with van der Waals surface area (Å²) in [5, 5.41) is 4.13. The third-order valence-corrected chi connectivity index (χ3v) is 3.69. The van der Waals surface area contributed by atoms with Gasteiger partial charge in [0.05, 0.1) is 0 Å². The van der Waals surface area contributed by atoms with Crippen molar-refractivity contribution in [3.8, 4) is 0 Å². The van der Waals surface area contributed by atoms with Gasteiger partial charge in [-0.1, -0.05) is 15.9 Å². The molecular weight excluding hydrogens is 320 g/mol. The highest BCUT2D eigenvalue weighted by atomic mass is 79.9. The maximum Gasteiger partial charge on any atom is 0.336 e. The fraction of sp³-hybridized carbons (Fsp3) is 0.400. The van der Waals surface area contributed by atoms with Crippen LogP contribution in [0.3, 0.4) is 0 Å². The summed E-state index contributed by atoms with van der Waals surface area (Å²) in [5.41, 5.74) is 1.34. The molecule has 0 unspecified atom stereocenters. The molecule has 2 rings (SSSR count). The van der Waals surface area contributed by atoms with Crippen molar-refractivity contribution in [2.75, 3.05) is 27.2 Å². The minimum atomic E-state index is -0.297. The molecule has 108 valence electrons. The van der Waals surface area contributed by atoms with E-state index in [0.29, 0.717) is 5.58 Å². The van der Waals surface area contributed by atoms with Gasteiger partial charge in [-0.15, -0.1) is 0 Å². The number of nitrogens with one attached hydrogen (secondary N) is 1. The Kier molecular flexibility index (Phi) is 5.34. The Labute approximate surface area is 126 Å². The molecule has 5 heteroatoms. The van der Waals surface area contributed by atoms with Crippen molar-refractivity contribution in [1.29, 1.82) is 0 Å². The Morgan fingerprint density at radius 2 is 2.15 bits per heavy atom. The number of halogens is 1. The summed E-state index contributed by atoms with van der Waals surface area (Å²) in [6.45, 7) is 2.72. The standard InChI is InChI=1S/C15H19BrN2O2/c1-17-6-3-7-18(2)10-11-8-15(19)20-14-9-12(16)4-5-13(11)14/h4-5,8-9,17H,3,6-7,10H2,1-2H3. The van der Waals surface area contributed by atoms with Crippen LogP contribution in [0.15, 0.2) is 37.9 Å². The fourth-order valence-electron chi connectivity index (χ4n) is 2.23. The molecule has 1 aromatic carbocycles. The Morgan fingerprint density at radius 3 is 2.90 bits per heavy atom. The maximum absolute atomic E-state index is 11.6. The van der Waals surface area contributed by atoms with Crippen LogP contribution in [-0.2, 0) is 6.54 Å². The first-order valence-electron chi connectivity index (χ1n) is 6.65. The van der Waals surface area contributed by atoms with Crippen LogP contribution in [0.5, 0.6) is 0 Å². The number of nitrogens with zero attached hydrogens (tertiary/aromatic N) is 1. The molecule has 0 aliphatic carbocycles. The lowest BCUT2D eigenvalue weighted by Crippen LogP contribution is -2.23. The summed E-state index contributed by atoms with van der Waals surface area (Å²) >= 11 is 3.40. The third-order valence-electron chi connectivity index (χ3n) is 3.20. The van der Waals surface area contributed by atoms with E-state index >= 15 is 0 Å². The van der Waals surface area contributed by atoms with E-state index in [2.05, 4.69) is 33.2 Å². The fourth-order valence-corrected chi connectivity index (χ4v) is 2.57. The molecule has 0 fully saturated rings. The molecule has 1 heterocycles. The second-order valence-electron chi connectivity index (χ2n) is 4.93. The van der Waals surface area contributed by atoms with Crippen LogP contribution in [0, 0.1) is 0 Å². The summed E-state index contributed by atoms with van der Waals surface area (Å²) in [6.07, 6.45) is 1.08. The molecule has 1 N–H and O–H groups in total. The van der Waals surface area contributed by atoms with E-state index < -0.39 is 0 Å². The van der Waals surface area contributed by atoms with Crippen LogP contribution in [0.2, 0.25) is 0 Å². The summed E-state index contributed by atoms with van der Waals surface area (Å²) < 4.78 is 6.16. The maximum atomic E-state index is 11.6. The van der Waals surface area contributed by atoms with Gasteiger partial charge in [-0.3, -0.25) is 0 Å². The predicted octanol–water partition coefficient (Wildman–Crippen LogP) is 2.60. The first-order chi connectivity index (χ1) is 9.60. The van der Waals surface area contributed by atoms with E-state index in [9.17, 15) is 4.79 Å². The quantitative estimate of drug-likeness (QED) is 0.649. The Bertz CT molecular complexity index is 639. The van der Waals surface area contributed by atoms with E-state index in [1.807, 2.05) is 25.2 Å². The highest BCUT2D eigenvalue weighted by Gasteiger charge is 2.08. The average molecular weight is 339 g/mol. The van der Waals surface area contributed by atoms with Crippen LogP contribution in [0.1, 0.15) is 12.0 Å². The smallest absolute Gasteiger partial charge is 0.336 e. The van der Waals surface area contributed by atoms with Gasteiger partial charge in [0, 0.05) is 22.5 Å². The molecule has 0 spiro atoms. The first-order valence-corrected chi connectivity index (χ1v) is 7.45. The van der Waals surface area contributed by atoms with Crippen molar-refractivity contribution in [1.82, 2.24) is 10.2 Å². The molecule has 0 atom stereocenters. The Morgan fingerprint density at radius 1 is 1.35 bits per heavy atom. The predicted molar refractivity (Wildman–Crippen MR) is 85.1 cm³/mol. The molecule has 0 saturated heterocycles. The van der Waals surface area contributed by atoms with Gasteiger partial charge in [0.2, 0.25) is 0 Å². The molecule has 0 aliphatic heterocycles. The van der Waals surface area contributed by atoms with Crippen LogP contribution in [-0.4, -0.2) is 32.1 Å². The molecule has 20 heavy (non-hydrogen) atoms. The van der Waals surface area contributed by atoms with E-state index in [1.165, 1.54) is 0 Å². The minimum Gasteiger partial charge on any atom is -0.423 e. The number of benzene rings is 1. The van der Waals surface area contributed by atoms with E-state index in [-0.39, 0.29) is 5.63 Å². The van der Waals surface area contributed by atoms with Gasteiger partial charge in [0.15, 0.2) is 0 Å². The van der Waals surface area contributed by atoms with E-state index in [0.717, 1.165) is 41.5 Å². The molecule has 0 aliphatic rings. The van der Waals surface area contributed by atoms with Crippen molar-refractivity contribution in [3.63, 3.8) is 0 Å². The molecular formula is C15H19BrN2O2. The molecule has 2 aromatic rings. The van der Waals surface area contributed by atoms with Crippen molar-refractivity contribution < 1.29 is 4.42 Å².